The highest BCUT2D eigenvalue weighted by molar-refractivity contribution is 7.59. The van der Waals surface area contributed by atoms with Crippen molar-refractivity contribution in [2.75, 3.05) is 6.16 Å². The lowest BCUT2D eigenvalue weighted by Gasteiger charge is -2.37. The average Bonchev–Trinajstić information content (AvgIpc) is 2.91. The number of rotatable bonds is 15. The minimum atomic E-state index is -4.62. The first-order valence-electron chi connectivity index (χ1n) is 15.0. The summed E-state index contributed by atoms with van der Waals surface area (Å²) in [5.74, 6) is -4.98. The Morgan fingerprint density at radius 2 is 1.56 bits per heavy atom. The molecule has 0 aliphatic heterocycles. The Hall–Kier alpha value is -2.75. The summed E-state index contributed by atoms with van der Waals surface area (Å²) in [5.41, 5.74) is 5.86. The van der Waals surface area contributed by atoms with Crippen LogP contribution in [0.4, 0.5) is 4.79 Å². The summed E-state index contributed by atoms with van der Waals surface area (Å²) in [4.78, 5) is 65.8. The Kier molecular flexibility index (Phi) is 15.1. The molecule has 3 amide bonds. The third-order valence-electron chi connectivity index (χ3n) is 7.20. The fraction of sp³-hybridized carbons (Fsp3) is 0.677. The van der Waals surface area contributed by atoms with E-state index in [0.717, 1.165) is 0 Å². The van der Waals surface area contributed by atoms with Gasteiger partial charge in [-0.05, 0) is 50.5 Å². The van der Waals surface area contributed by atoms with Crippen LogP contribution in [0.2, 0.25) is 0 Å². The lowest BCUT2D eigenvalue weighted by molar-refractivity contribution is -0.151. The van der Waals surface area contributed by atoms with Crippen LogP contribution in [0.15, 0.2) is 30.3 Å². The first-order chi connectivity index (χ1) is 19.8. The van der Waals surface area contributed by atoms with Gasteiger partial charge >= 0.3 is 12.1 Å². The third-order valence-corrected chi connectivity index (χ3v) is 9.28. The number of benzene rings is 1. The molecule has 1 rings (SSSR count). The van der Waals surface area contributed by atoms with Gasteiger partial charge in [-0.15, -0.1) is 0 Å². The van der Waals surface area contributed by atoms with E-state index in [1.807, 2.05) is 20.8 Å². The largest absolute Gasteiger partial charge is 0.460 e. The van der Waals surface area contributed by atoms with Crippen molar-refractivity contribution in [2.24, 2.45) is 23.5 Å². The molecule has 0 aliphatic carbocycles. The maximum absolute atomic E-state index is 14.3. The van der Waals surface area contributed by atoms with Gasteiger partial charge in [-0.3, -0.25) is 18.9 Å². The minimum absolute atomic E-state index is 0.101. The van der Waals surface area contributed by atoms with E-state index in [4.69, 9.17) is 15.2 Å². The predicted octanol–water partition coefficient (Wildman–Crippen LogP) is 5.04. The van der Waals surface area contributed by atoms with E-state index in [2.05, 4.69) is 5.32 Å². The Labute approximate surface area is 256 Å². The molecule has 6 atom stereocenters. The van der Waals surface area contributed by atoms with E-state index >= 15 is 0 Å². The molecule has 0 aliphatic rings. The number of imide groups is 1. The number of hydrogen-bond acceptors (Lipinski definition) is 8. The number of nitrogens with two attached hydrogens (primary N) is 1. The Morgan fingerprint density at radius 1 is 1.00 bits per heavy atom. The summed E-state index contributed by atoms with van der Waals surface area (Å²) < 4.78 is 24.7. The first kappa shape index (κ1) is 38.3. The van der Waals surface area contributed by atoms with Crippen LogP contribution in [0.5, 0.6) is 0 Å². The highest BCUT2D eigenvalue weighted by atomic mass is 31.2. The molecule has 244 valence electrons. The Bertz CT molecular complexity index is 1120. The van der Waals surface area contributed by atoms with Crippen LogP contribution in [0.3, 0.4) is 0 Å². The van der Waals surface area contributed by atoms with E-state index in [1.54, 1.807) is 71.9 Å². The SMILES string of the molecule is CC[C@H](C)[C@H](N)C(=O)N[C@H](C(=O)N(C(=O)OCc1ccccc1)C(CC(C)C)P(=O)(O)CC(=O)OC(C)(C)C)[C@@H](C)CC. The van der Waals surface area contributed by atoms with Gasteiger partial charge in [-0.25, -0.2) is 9.69 Å². The van der Waals surface area contributed by atoms with E-state index in [-0.39, 0.29) is 24.9 Å². The number of ether oxygens (including phenoxy) is 2. The maximum atomic E-state index is 14.3. The van der Waals surface area contributed by atoms with Crippen LogP contribution in [0.1, 0.15) is 87.1 Å². The van der Waals surface area contributed by atoms with Gasteiger partial charge in [0.15, 0.2) is 0 Å². The van der Waals surface area contributed by atoms with Gasteiger partial charge in [0.25, 0.3) is 5.91 Å². The Morgan fingerprint density at radius 3 is 2.05 bits per heavy atom. The first-order valence-corrected chi connectivity index (χ1v) is 16.9. The van der Waals surface area contributed by atoms with Crippen molar-refractivity contribution in [1.29, 1.82) is 0 Å². The number of carbonyl (C=O) groups excluding carboxylic acids is 4. The van der Waals surface area contributed by atoms with Crippen LogP contribution < -0.4 is 11.1 Å². The smallest absolute Gasteiger partial charge is 0.417 e. The van der Waals surface area contributed by atoms with Crippen molar-refractivity contribution < 1.29 is 38.1 Å². The number of nitrogens with zero attached hydrogens (tertiary/aromatic N) is 1. The predicted molar refractivity (Wildman–Crippen MR) is 166 cm³/mol. The van der Waals surface area contributed by atoms with Crippen molar-refractivity contribution in [1.82, 2.24) is 10.2 Å². The van der Waals surface area contributed by atoms with E-state index in [0.29, 0.717) is 23.3 Å². The molecule has 12 heteroatoms. The summed E-state index contributed by atoms with van der Waals surface area (Å²) in [6, 6.07) is 6.59. The maximum Gasteiger partial charge on any atom is 0.417 e. The number of nitrogens with one attached hydrogen (secondary N) is 1. The summed E-state index contributed by atoms with van der Waals surface area (Å²) in [5, 5.41) is 2.70. The topological polar surface area (TPSA) is 165 Å². The van der Waals surface area contributed by atoms with Gasteiger partial charge in [0.05, 0.1) is 6.04 Å². The molecule has 2 unspecified atom stereocenters. The second-order valence-corrected chi connectivity index (χ2v) is 15.1. The standard InChI is InChI=1S/C31H52N3O8P/c1-10-21(5)26(32)28(36)33-27(22(6)11-2)29(37)34(30(38)41-18-23-15-13-12-14-16-23)24(17-20(3)4)43(39,40)19-25(35)42-31(7,8)9/h12-16,20-22,24,26-27H,10-11,17-19,32H2,1-9H3,(H,33,36)(H,39,40)/t21-,22-,24?,26-,27-/m0/s1. The van der Waals surface area contributed by atoms with E-state index in [1.165, 1.54) is 0 Å². The monoisotopic (exact) mass is 625 g/mol. The van der Waals surface area contributed by atoms with Crippen molar-refractivity contribution in [3.8, 4) is 0 Å². The third kappa shape index (κ3) is 12.4. The molecule has 0 aromatic heterocycles. The summed E-state index contributed by atoms with van der Waals surface area (Å²) in [7, 11) is -4.62. The molecule has 0 saturated heterocycles. The Balaban J connectivity index is 3.64. The lowest BCUT2D eigenvalue weighted by Crippen LogP contribution is -2.59. The molecule has 0 spiro atoms. The molecule has 11 nitrogen and oxygen atoms in total. The second kappa shape index (κ2) is 16.9. The molecule has 1 aromatic rings. The molecule has 0 fully saturated rings. The van der Waals surface area contributed by atoms with Crippen LogP contribution >= 0.6 is 7.37 Å². The van der Waals surface area contributed by atoms with Gasteiger partial charge in [0, 0.05) is 0 Å². The highest BCUT2D eigenvalue weighted by Crippen LogP contribution is 2.51. The van der Waals surface area contributed by atoms with Gasteiger partial charge < -0.3 is 25.4 Å². The zero-order chi connectivity index (χ0) is 33.1. The van der Waals surface area contributed by atoms with Crippen LogP contribution in [-0.2, 0) is 35.0 Å². The molecule has 0 saturated carbocycles. The molecule has 0 heterocycles. The molecular formula is C31H52N3O8P. The zero-order valence-corrected chi connectivity index (χ0v) is 28.1. The van der Waals surface area contributed by atoms with Crippen molar-refractivity contribution >= 4 is 31.2 Å². The molecule has 1 aromatic carbocycles. The molecule has 0 radical (unpaired) electrons. The summed E-state index contributed by atoms with van der Waals surface area (Å²) >= 11 is 0. The molecule has 0 bridgehead atoms. The lowest BCUT2D eigenvalue weighted by atomic mass is 9.95. The number of esters is 1. The van der Waals surface area contributed by atoms with Gasteiger partial charge in [-0.1, -0.05) is 84.7 Å². The molecule has 4 N–H and O–H groups in total. The van der Waals surface area contributed by atoms with E-state index < -0.39 is 66.8 Å². The zero-order valence-electron chi connectivity index (χ0n) is 27.2. The average molecular weight is 626 g/mol. The second-order valence-electron chi connectivity index (χ2n) is 12.6. The molecular weight excluding hydrogens is 573 g/mol. The number of amides is 3. The summed E-state index contributed by atoms with van der Waals surface area (Å²) in [6.07, 6.45) is -1.12. The minimum Gasteiger partial charge on any atom is -0.460 e. The normalized spacial score (nSPS) is 16.7. The fourth-order valence-electron chi connectivity index (χ4n) is 4.28. The van der Waals surface area contributed by atoms with Crippen LogP contribution in [-0.4, -0.2) is 63.3 Å². The van der Waals surface area contributed by atoms with Crippen molar-refractivity contribution in [3.05, 3.63) is 35.9 Å². The van der Waals surface area contributed by atoms with E-state index in [9.17, 15) is 28.6 Å². The number of carbonyl (C=O) groups is 4. The molecule has 43 heavy (non-hydrogen) atoms. The number of hydrogen-bond donors (Lipinski definition) is 3. The van der Waals surface area contributed by atoms with Crippen molar-refractivity contribution in [3.63, 3.8) is 0 Å². The summed E-state index contributed by atoms with van der Waals surface area (Å²) in [6.45, 7) is 15.4. The van der Waals surface area contributed by atoms with Gasteiger partial charge in [-0.2, -0.15) is 0 Å². The highest BCUT2D eigenvalue weighted by Gasteiger charge is 2.47. The fourth-order valence-corrected chi connectivity index (χ4v) is 6.24. The van der Waals surface area contributed by atoms with Crippen molar-refractivity contribution in [2.45, 2.75) is 112 Å². The van der Waals surface area contributed by atoms with Gasteiger partial charge in [0.1, 0.15) is 30.2 Å². The quantitative estimate of drug-likeness (QED) is 0.179. The van der Waals surface area contributed by atoms with Crippen LogP contribution in [0.25, 0.3) is 0 Å². The van der Waals surface area contributed by atoms with Gasteiger partial charge in [0.2, 0.25) is 13.3 Å². The van der Waals surface area contributed by atoms with Crippen LogP contribution in [0, 0.1) is 17.8 Å².